The van der Waals surface area contributed by atoms with E-state index in [0.717, 1.165) is 17.3 Å². The van der Waals surface area contributed by atoms with Crippen LogP contribution in [0.1, 0.15) is 30.1 Å². The van der Waals surface area contributed by atoms with Crippen molar-refractivity contribution >= 4 is 21.8 Å². The zero-order valence-electron chi connectivity index (χ0n) is 9.55. The third kappa shape index (κ3) is 3.23. The molecule has 0 saturated heterocycles. The molecule has 1 amide bonds. The molecule has 0 radical (unpaired) electrons. The zero-order chi connectivity index (χ0) is 12.0. The van der Waals surface area contributed by atoms with Gasteiger partial charge in [-0.25, -0.2) is 0 Å². The highest BCUT2D eigenvalue weighted by atomic mass is 79.9. The minimum absolute atomic E-state index is 0.0993. The monoisotopic (exact) mass is 285 g/mol. The molecule has 0 heterocycles. The van der Waals surface area contributed by atoms with Crippen LogP contribution in [0.5, 0.6) is 5.75 Å². The molecule has 0 spiro atoms. The van der Waals surface area contributed by atoms with Gasteiger partial charge in [-0.05, 0) is 34.5 Å². The first-order valence-electron chi connectivity index (χ1n) is 5.31. The molecule has 0 aliphatic carbocycles. The number of halogens is 1. The van der Waals surface area contributed by atoms with E-state index in [-0.39, 0.29) is 5.91 Å². The fourth-order valence-electron chi connectivity index (χ4n) is 1.36. The molecule has 1 aromatic carbocycles. The first kappa shape index (κ1) is 13.0. The Kier molecular flexibility index (Phi) is 5.32. The number of unbranched alkanes of at least 4 members (excludes halogenated alkanes) is 1. The number of rotatable bonds is 5. The summed E-state index contributed by atoms with van der Waals surface area (Å²) in [7, 11) is 1.56. The second-order valence-electron chi connectivity index (χ2n) is 3.43. The fraction of sp³-hybridized carbons (Fsp3) is 0.417. The first-order valence-corrected chi connectivity index (χ1v) is 6.10. The molecule has 88 valence electrons. The molecule has 1 aromatic rings. The van der Waals surface area contributed by atoms with Crippen LogP contribution in [0.2, 0.25) is 0 Å². The number of methoxy groups -OCH3 is 1. The van der Waals surface area contributed by atoms with Crippen molar-refractivity contribution < 1.29 is 9.53 Å². The lowest BCUT2D eigenvalue weighted by atomic mass is 10.2. The number of carbonyl (C=O) groups is 1. The van der Waals surface area contributed by atoms with Crippen LogP contribution < -0.4 is 10.1 Å². The van der Waals surface area contributed by atoms with Crippen molar-refractivity contribution in [3.63, 3.8) is 0 Å². The molecule has 1 N–H and O–H groups in total. The second kappa shape index (κ2) is 6.53. The van der Waals surface area contributed by atoms with Crippen LogP contribution in [-0.2, 0) is 0 Å². The van der Waals surface area contributed by atoms with E-state index >= 15 is 0 Å². The van der Waals surface area contributed by atoms with Crippen molar-refractivity contribution in [3.05, 3.63) is 28.2 Å². The van der Waals surface area contributed by atoms with E-state index < -0.39 is 0 Å². The lowest BCUT2D eigenvalue weighted by Gasteiger charge is -2.10. The second-order valence-corrected chi connectivity index (χ2v) is 4.28. The summed E-state index contributed by atoms with van der Waals surface area (Å²) in [6.07, 6.45) is 2.05. The Morgan fingerprint density at radius 2 is 2.25 bits per heavy atom. The van der Waals surface area contributed by atoms with Gasteiger partial charge in [-0.2, -0.15) is 0 Å². The van der Waals surface area contributed by atoms with Crippen LogP contribution in [0.3, 0.4) is 0 Å². The van der Waals surface area contributed by atoms with E-state index in [1.807, 2.05) is 12.1 Å². The summed E-state index contributed by atoms with van der Waals surface area (Å²) in [5.74, 6) is 0.487. The van der Waals surface area contributed by atoms with Gasteiger partial charge in [0.25, 0.3) is 5.91 Å². The van der Waals surface area contributed by atoms with Crippen molar-refractivity contribution in [2.24, 2.45) is 0 Å². The predicted octanol–water partition coefficient (Wildman–Crippen LogP) is 2.99. The standard InChI is InChI=1S/C12H16BrNO2/c1-3-4-8-14-12(15)11-9(13)6-5-7-10(11)16-2/h5-7H,3-4,8H2,1-2H3,(H,14,15). The molecular formula is C12H16BrNO2. The molecule has 0 aromatic heterocycles. The molecule has 0 bridgehead atoms. The summed E-state index contributed by atoms with van der Waals surface area (Å²) in [6, 6.07) is 5.45. The summed E-state index contributed by atoms with van der Waals surface area (Å²) >= 11 is 3.36. The van der Waals surface area contributed by atoms with Gasteiger partial charge in [0.15, 0.2) is 0 Å². The molecule has 1 rings (SSSR count). The van der Waals surface area contributed by atoms with Crippen molar-refractivity contribution in [1.82, 2.24) is 5.32 Å². The summed E-state index contributed by atoms with van der Waals surface area (Å²) in [4.78, 5) is 11.9. The molecule has 4 heteroatoms. The fourth-order valence-corrected chi connectivity index (χ4v) is 1.89. The molecule has 0 aliphatic heterocycles. The predicted molar refractivity (Wildman–Crippen MR) is 67.9 cm³/mol. The average Bonchev–Trinajstić information content (AvgIpc) is 2.28. The highest BCUT2D eigenvalue weighted by Crippen LogP contribution is 2.26. The third-order valence-corrected chi connectivity index (χ3v) is 2.90. The number of amides is 1. The van der Waals surface area contributed by atoms with Crippen LogP contribution in [0.15, 0.2) is 22.7 Å². The molecule has 16 heavy (non-hydrogen) atoms. The van der Waals surface area contributed by atoms with Crippen molar-refractivity contribution in [1.29, 1.82) is 0 Å². The Morgan fingerprint density at radius 3 is 2.88 bits per heavy atom. The van der Waals surface area contributed by atoms with Gasteiger partial charge in [-0.15, -0.1) is 0 Å². The van der Waals surface area contributed by atoms with Crippen molar-refractivity contribution in [2.45, 2.75) is 19.8 Å². The molecule has 0 atom stereocenters. The molecule has 0 saturated carbocycles. The number of ether oxygens (including phenoxy) is 1. The minimum Gasteiger partial charge on any atom is -0.496 e. The number of carbonyl (C=O) groups excluding carboxylic acids is 1. The Bertz CT molecular complexity index is 366. The average molecular weight is 286 g/mol. The maximum absolute atomic E-state index is 11.9. The van der Waals surface area contributed by atoms with E-state index in [9.17, 15) is 4.79 Å². The summed E-state index contributed by atoms with van der Waals surface area (Å²) in [6.45, 7) is 2.78. The minimum atomic E-state index is -0.0993. The summed E-state index contributed by atoms with van der Waals surface area (Å²) < 4.78 is 5.91. The normalized spacial score (nSPS) is 9.94. The van der Waals surface area contributed by atoms with Gasteiger partial charge in [0.05, 0.1) is 12.7 Å². The van der Waals surface area contributed by atoms with Crippen LogP contribution in [-0.4, -0.2) is 19.6 Å². The van der Waals surface area contributed by atoms with Crippen molar-refractivity contribution in [3.8, 4) is 5.75 Å². The van der Waals surface area contributed by atoms with Gasteiger partial charge in [0.2, 0.25) is 0 Å². The Balaban J connectivity index is 2.81. The first-order chi connectivity index (χ1) is 7.70. The van der Waals surface area contributed by atoms with Gasteiger partial charge >= 0.3 is 0 Å². The molecule has 0 fully saturated rings. The Labute approximate surface area is 104 Å². The molecule has 0 unspecified atom stereocenters. The number of hydrogen-bond acceptors (Lipinski definition) is 2. The highest BCUT2D eigenvalue weighted by Gasteiger charge is 2.14. The number of nitrogens with one attached hydrogen (secondary N) is 1. The molecule has 3 nitrogen and oxygen atoms in total. The van der Waals surface area contributed by atoms with Crippen LogP contribution in [0.4, 0.5) is 0 Å². The largest absolute Gasteiger partial charge is 0.496 e. The van der Waals surface area contributed by atoms with Gasteiger partial charge in [-0.3, -0.25) is 4.79 Å². The number of hydrogen-bond donors (Lipinski definition) is 1. The Hall–Kier alpha value is -1.03. The lowest BCUT2D eigenvalue weighted by Crippen LogP contribution is -2.25. The van der Waals surface area contributed by atoms with Gasteiger partial charge in [-0.1, -0.05) is 19.4 Å². The van der Waals surface area contributed by atoms with E-state index in [1.165, 1.54) is 0 Å². The van der Waals surface area contributed by atoms with E-state index in [4.69, 9.17) is 4.74 Å². The van der Waals surface area contributed by atoms with Gasteiger partial charge in [0, 0.05) is 11.0 Å². The van der Waals surface area contributed by atoms with Crippen LogP contribution >= 0.6 is 15.9 Å². The smallest absolute Gasteiger partial charge is 0.256 e. The summed E-state index contributed by atoms with van der Waals surface area (Å²) in [5, 5.41) is 2.87. The number of benzene rings is 1. The quantitative estimate of drug-likeness (QED) is 0.845. The highest BCUT2D eigenvalue weighted by molar-refractivity contribution is 9.10. The lowest BCUT2D eigenvalue weighted by molar-refractivity contribution is 0.0949. The molecular weight excluding hydrogens is 270 g/mol. The molecule has 0 aliphatic rings. The maximum atomic E-state index is 11.9. The van der Waals surface area contributed by atoms with Crippen LogP contribution in [0.25, 0.3) is 0 Å². The van der Waals surface area contributed by atoms with E-state index in [2.05, 4.69) is 28.2 Å². The third-order valence-electron chi connectivity index (χ3n) is 2.24. The van der Waals surface area contributed by atoms with E-state index in [1.54, 1.807) is 13.2 Å². The topological polar surface area (TPSA) is 38.3 Å². The summed E-state index contributed by atoms with van der Waals surface area (Å²) in [5.41, 5.74) is 0.557. The van der Waals surface area contributed by atoms with Crippen molar-refractivity contribution in [2.75, 3.05) is 13.7 Å². The zero-order valence-corrected chi connectivity index (χ0v) is 11.1. The van der Waals surface area contributed by atoms with Gasteiger partial charge < -0.3 is 10.1 Å². The van der Waals surface area contributed by atoms with E-state index in [0.29, 0.717) is 17.9 Å². The Morgan fingerprint density at radius 1 is 1.50 bits per heavy atom. The maximum Gasteiger partial charge on any atom is 0.256 e. The van der Waals surface area contributed by atoms with Crippen LogP contribution in [0, 0.1) is 0 Å². The SMILES string of the molecule is CCCCNC(=O)c1c(Br)cccc1OC. The van der Waals surface area contributed by atoms with Gasteiger partial charge in [0.1, 0.15) is 5.75 Å².